The van der Waals surface area contributed by atoms with Gasteiger partial charge in [-0.05, 0) is 29.8 Å². The number of fused-ring (bicyclic) bond motifs is 1. The molecular weight excluding hydrogens is 556 g/mol. The van der Waals surface area contributed by atoms with E-state index in [2.05, 4.69) is 31.7 Å². The summed E-state index contributed by atoms with van der Waals surface area (Å²) in [7, 11) is 0. The van der Waals surface area contributed by atoms with Crippen LogP contribution in [0.5, 0.6) is 0 Å². The highest BCUT2D eigenvalue weighted by atomic mass is 79.9. The smallest absolute Gasteiger partial charge is 0.362 e. The Labute approximate surface area is 204 Å². The van der Waals surface area contributed by atoms with Gasteiger partial charge in [0.05, 0.1) is 21.8 Å². The maximum atomic E-state index is 13.9. The van der Waals surface area contributed by atoms with Crippen molar-refractivity contribution in [1.82, 2.24) is 9.78 Å². The Hall–Kier alpha value is -1.94. The molecule has 0 unspecified atom stereocenters. The number of benzene rings is 2. The molecule has 2 heterocycles. The van der Waals surface area contributed by atoms with Crippen molar-refractivity contribution in [1.29, 1.82) is 0 Å². The molecule has 1 aromatic heterocycles. The van der Waals surface area contributed by atoms with Crippen LogP contribution < -0.4 is 10.6 Å². The molecular formula is C20H13BrCl3F3N4O. The third-order valence-corrected chi connectivity index (χ3v) is 6.50. The Kier molecular flexibility index (Phi) is 6.37. The van der Waals surface area contributed by atoms with Gasteiger partial charge in [-0.15, -0.1) is 0 Å². The maximum absolute atomic E-state index is 13.9. The molecule has 0 spiro atoms. The van der Waals surface area contributed by atoms with Gasteiger partial charge < -0.3 is 10.6 Å². The summed E-state index contributed by atoms with van der Waals surface area (Å²) in [5.41, 5.74) is 0.367. The second-order valence-corrected chi connectivity index (χ2v) is 9.16. The lowest BCUT2D eigenvalue weighted by atomic mass is 9.97. The lowest BCUT2D eigenvalue weighted by Gasteiger charge is -2.33. The molecule has 0 fully saturated rings. The van der Waals surface area contributed by atoms with E-state index in [9.17, 15) is 18.0 Å². The number of halogens is 7. The zero-order valence-corrected chi connectivity index (χ0v) is 19.7. The summed E-state index contributed by atoms with van der Waals surface area (Å²) in [6.45, 7) is 0. The zero-order valence-electron chi connectivity index (χ0n) is 15.9. The average molecular weight is 569 g/mol. The molecule has 2 atom stereocenters. The lowest BCUT2D eigenvalue weighted by molar-refractivity contribution is -0.173. The van der Waals surface area contributed by atoms with Gasteiger partial charge in [0.15, 0.2) is 11.7 Å². The Balaban J connectivity index is 1.72. The highest BCUT2D eigenvalue weighted by molar-refractivity contribution is 9.10. The fourth-order valence-corrected chi connectivity index (χ4v) is 4.46. The Morgan fingerprint density at radius 1 is 1.12 bits per heavy atom. The van der Waals surface area contributed by atoms with Gasteiger partial charge in [-0.2, -0.15) is 18.3 Å². The molecule has 32 heavy (non-hydrogen) atoms. The average Bonchev–Trinajstić information content (AvgIpc) is 3.06. The Morgan fingerprint density at radius 3 is 2.34 bits per heavy atom. The van der Waals surface area contributed by atoms with E-state index in [1.54, 1.807) is 30.3 Å². The molecule has 2 N–H and O–H groups in total. The number of amides is 1. The summed E-state index contributed by atoms with van der Waals surface area (Å²) in [5.74, 6) is -0.932. The lowest BCUT2D eigenvalue weighted by Crippen LogP contribution is -2.35. The molecule has 4 rings (SSSR count). The second-order valence-electron chi connectivity index (χ2n) is 7.05. The number of rotatable bonds is 3. The summed E-state index contributed by atoms with van der Waals surface area (Å²) >= 11 is 21.8. The van der Waals surface area contributed by atoms with Crippen LogP contribution in [-0.2, 0) is 0 Å². The number of hydrogen-bond acceptors (Lipinski definition) is 3. The van der Waals surface area contributed by atoms with Crippen molar-refractivity contribution in [2.45, 2.75) is 24.7 Å². The van der Waals surface area contributed by atoms with Gasteiger partial charge in [-0.1, -0.05) is 68.9 Å². The quantitative estimate of drug-likeness (QED) is 0.344. The molecule has 0 saturated heterocycles. The van der Waals surface area contributed by atoms with Crippen LogP contribution in [0.25, 0.3) is 0 Å². The van der Waals surface area contributed by atoms with Crippen molar-refractivity contribution in [2.24, 2.45) is 0 Å². The summed E-state index contributed by atoms with van der Waals surface area (Å²) < 4.78 is 43.2. The van der Waals surface area contributed by atoms with E-state index < -0.39 is 24.2 Å². The van der Waals surface area contributed by atoms with Crippen LogP contribution in [-0.4, -0.2) is 21.9 Å². The van der Waals surface area contributed by atoms with Crippen molar-refractivity contribution in [3.63, 3.8) is 0 Å². The summed E-state index contributed by atoms with van der Waals surface area (Å²) in [6, 6.07) is 8.83. The number of nitrogens with zero attached hydrogens (tertiary/aromatic N) is 2. The number of alkyl halides is 3. The van der Waals surface area contributed by atoms with Gasteiger partial charge in [0.2, 0.25) is 0 Å². The minimum Gasteiger partial charge on any atom is -0.362 e. The first kappa shape index (κ1) is 23.2. The minimum absolute atomic E-state index is 0.0939. The summed E-state index contributed by atoms with van der Waals surface area (Å²) in [4.78, 5) is 12.8. The first-order valence-electron chi connectivity index (χ1n) is 9.18. The number of carbonyl (C=O) groups excluding carboxylic acids is 1. The highest BCUT2D eigenvalue weighted by Crippen LogP contribution is 2.46. The first-order valence-corrected chi connectivity index (χ1v) is 11.1. The van der Waals surface area contributed by atoms with E-state index >= 15 is 0 Å². The normalized spacial score (nSPS) is 18.1. The molecule has 0 saturated carbocycles. The van der Waals surface area contributed by atoms with Crippen LogP contribution in [0, 0.1) is 0 Å². The molecule has 0 aliphatic carbocycles. The molecule has 1 aliphatic heterocycles. The predicted molar refractivity (Wildman–Crippen MR) is 122 cm³/mol. The van der Waals surface area contributed by atoms with Crippen molar-refractivity contribution < 1.29 is 18.0 Å². The van der Waals surface area contributed by atoms with Gasteiger partial charge in [0, 0.05) is 10.9 Å². The van der Waals surface area contributed by atoms with Crippen molar-refractivity contribution in [2.75, 3.05) is 10.6 Å². The third kappa shape index (κ3) is 4.44. The molecule has 12 heteroatoms. The van der Waals surface area contributed by atoms with Crippen LogP contribution in [0.15, 0.2) is 46.9 Å². The second kappa shape index (κ2) is 8.78. The van der Waals surface area contributed by atoms with Crippen LogP contribution in [0.3, 0.4) is 0 Å². The molecule has 0 radical (unpaired) electrons. The van der Waals surface area contributed by atoms with E-state index in [-0.39, 0.29) is 38.7 Å². The molecule has 168 valence electrons. The van der Waals surface area contributed by atoms with Crippen LogP contribution in [0.1, 0.15) is 34.6 Å². The standard InChI is InChI=1S/C20H13BrCl3F3N4O/c21-10-6-4-9(5-7-10)13-8-14(20(25,26)27)31-18(28-13)15(24)17(30-31)19(32)29-16-11(22)2-1-3-12(16)23/h1-7,13-14,28H,8H2,(H,29,32)/t13-,14-/m1/s1. The fraction of sp³-hybridized carbons (Fsp3) is 0.200. The number of hydrogen-bond donors (Lipinski definition) is 2. The van der Waals surface area contributed by atoms with E-state index in [0.717, 1.165) is 4.47 Å². The van der Waals surface area contributed by atoms with Crippen molar-refractivity contribution >= 4 is 68.1 Å². The Bertz CT molecular complexity index is 1160. The molecule has 2 aromatic carbocycles. The molecule has 3 aromatic rings. The molecule has 1 amide bonds. The summed E-state index contributed by atoms with van der Waals surface area (Å²) in [5, 5.41) is 9.43. The number of carbonyl (C=O) groups is 1. The minimum atomic E-state index is -4.61. The van der Waals surface area contributed by atoms with Gasteiger partial charge in [-0.3, -0.25) is 4.79 Å². The van der Waals surface area contributed by atoms with Gasteiger partial charge in [0.1, 0.15) is 10.8 Å². The topological polar surface area (TPSA) is 59.0 Å². The van der Waals surface area contributed by atoms with Crippen LogP contribution in [0.2, 0.25) is 15.1 Å². The summed E-state index contributed by atoms with van der Waals surface area (Å²) in [6.07, 6.45) is -4.94. The van der Waals surface area contributed by atoms with Gasteiger partial charge >= 0.3 is 6.18 Å². The molecule has 1 aliphatic rings. The van der Waals surface area contributed by atoms with Crippen molar-refractivity contribution in [3.8, 4) is 0 Å². The Morgan fingerprint density at radius 2 is 1.75 bits per heavy atom. The molecule has 5 nitrogen and oxygen atoms in total. The SMILES string of the molecule is O=C(Nc1c(Cl)cccc1Cl)c1nn2c(c1Cl)N[C@@H](c1ccc(Br)cc1)C[C@@H]2C(F)(F)F. The van der Waals surface area contributed by atoms with Crippen molar-refractivity contribution in [3.05, 3.63) is 73.3 Å². The predicted octanol–water partition coefficient (Wildman–Crippen LogP) is 7.52. The van der Waals surface area contributed by atoms with E-state index in [4.69, 9.17) is 34.8 Å². The zero-order chi connectivity index (χ0) is 23.2. The fourth-order valence-electron chi connectivity index (χ4n) is 3.44. The number of aromatic nitrogens is 2. The van der Waals surface area contributed by atoms with Crippen LogP contribution in [0.4, 0.5) is 24.7 Å². The largest absolute Gasteiger partial charge is 0.410 e. The first-order chi connectivity index (χ1) is 15.1. The van der Waals surface area contributed by atoms with E-state index in [1.165, 1.54) is 12.1 Å². The van der Waals surface area contributed by atoms with E-state index in [1.807, 2.05) is 0 Å². The van der Waals surface area contributed by atoms with Gasteiger partial charge in [0.25, 0.3) is 5.91 Å². The number of para-hydroxylation sites is 1. The highest BCUT2D eigenvalue weighted by Gasteiger charge is 2.47. The number of nitrogens with one attached hydrogen (secondary N) is 2. The van der Waals surface area contributed by atoms with Gasteiger partial charge in [-0.25, -0.2) is 4.68 Å². The maximum Gasteiger partial charge on any atom is 0.410 e. The van der Waals surface area contributed by atoms with Crippen LogP contribution >= 0.6 is 50.7 Å². The third-order valence-electron chi connectivity index (χ3n) is 4.98. The van der Waals surface area contributed by atoms with E-state index in [0.29, 0.717) is 10.2 Å². The monoisotopic (exact) mass is 566 g/mol. The number of anilines is 2. The molecule has 0 bridgehead atoms.